The van der Waals surface area contributed by atoms with Gasteiger partial charge in [-0.2, -0.15) is 0 Å². The molecule has 0 aromatic carbocycles. The summed E-state index contributed by atoms with van der Waals surface area (Å²) in [4.78, 5) is 4.67. The summed E-state index contributed by atoms with van der Waals surface area (Å²) in [5.74, 6) is 1.80. The normalized spacial score (nSPS) is 24.0. The fourth-order valence-corrected chi connectivity index (χ4v) is 3.27. The van der Waals surface area contributed by atoms with Gasteiger partial charge >= 0.3 is 0 Å². The molecule has 0 radical (unpaired) electrons. The summed E-state index contributed by atoms with van der Waals surface area (Å²) >= 11 is 0. The number of nitrogens with zero attached hydrogens (tertiary/aromatic N) is 1. The number of hydrogen-bond donors (Lipinski definition) is 0. The Labute approximate surface area is 138 Å². The van der Waals surface area contributed by atoms with E-state index < -0.39 is 0 Å². The van der Waals surface area contributed by atoms with Crippen molar-refractivity contribution in [2.75, 3.05) is 6.54 Å². The highest BCUT2D eigenvalue weighted by atomic mass is 14.7. The van der Waals surface area contributed by atoms with Crippen molar-refractivity contribution in [3.8, 4) is 0 Å². The van der Waals surface area contributed by atoms with Crippen molar-refractivity contribution in [2.45, 2.75) is 72.6 Å². The molecule has 0 heterocycles. The lowest BCUT2D eigenvalue weighted by Gasteiger charge is -2.28. The monoisotopic (exact) mass is 301 g/mol. The number of hydrogen-bond acceptors (Lipinski definition) is 1. The summed E-state index contributed by atoms with van der Waals surface area (Å²) < 4.78 is 0. The van der Waals surface area contributed by atoms with Crippen molar-refractivity contribution in [3.63, 3.8) is 0 Å². The van der Waals surface area contributed by atoms with Crippen LogP contribution in [0.4, 0.5) is 0 Å². The highest BCUT2D eigenvalue weighted by Gasteiger charge is 2.20. The molecule has 2 atom stereocenters. The van der Waals surface area contributed by atoms with Crippen LogP contribution in [-0.2, 0) is 0 Å². The molecule has 0 N–H and O–H groups in total. The van der Waals surface area contributed by atoms with Gasteiger partial charge in [-0.15, -0.1) is 0 Å². The van der Waals surface area contributed by atoms with Gasteiger partial charge in [-0.05, 0) is 56.6 Å². The molecule has 124 valence electrons. The van der Waals surface area contributed by atoms with E-state index in [2.05, 4.69) is 57.5 Å². The van der Waals surface area contributed by atoms with E-state index in [4.69, 9.17) is 0 Å². The molecule has 0 amide bonds. The molecule has 1 nitrogen and oxygen atoms in total. The smallest absolute Gasteiger partial charge is 0.0364 e. The van der Waals surface area contributed by atoms with Crippen LogP contribution in [0.15, 0.2) is 40.9 Å². The van der Waals surface area contributed by atoms with Crippen molar-refractivity contribution >= 4 is 5.71 Å². The zero-order valence-electron chi connectivity index (χ0n) is 15.2. The van der Waals surface area contributed by atoms with Crippen molar-refractivity contribution in [1.29, 1.82) is 0 Å². The first-order valence-corrected chi connectivity index (χ1v) is 9.14. The van der Waals surface area contributed by atoms with E-state index in [1.807, 2.05) is 0 Å². The van der Waals surface area contributed by atoms with E-state index in [1.54, 1.807) is 0 Å². The Morgan fingerprint density at radius 2 is 1.95 bits per heavy atom. The zero-order chi connectivity index (χ0) is 16.4. The third-order valence-corrected chi connectivity index (χ3v) is 5.04. The van der Waals surface area contributed by atoms with Crippen LogP contribution in [0.5, 0.6) is 0 Å². The molecule has 1 aliphatic rings. The van der Waals surface area contributed by atoms with Gasteiger partial charge in [0.05, 0.1) is 0 Å². The van der Waals surface area contributed by atoms with E-state index in [9.17, 15) is 0 Å². The molecule has 1 saturated carbocycles. The van der Waals surface area contributed by atoms with Crippen LogP contribution in [0.25, 0.3) is 0 Å². The Bertz CT molecular complexity index is 425. The molecular formula is C21H35N. The summed E-state index contributed by atoms with van der Waals surface area (Å²) in [7, 11) is 0. The third kappa shape index (κ3) is 6.77. The Balaban J connectivity index is 2.55. The van der Waals surface area contributed by atoms with E-state index in [-0.39, 0.29) is 0 Å². The van der Waals surface area contributed by atoms with E-state index in [0.717, 1.165) is 31.2 Å². The van der Waals surface area contributed by atoms with Crippen molar-refractivity contribution in [2.24, 2.45) is 16.8 Å². The molecule has 0 bridgehead atoms. The molecule has 1 unspecified atom stereocenters. The fourth-order valence-electron chi connectivity index (χ4n) is 3.27. The van der Waals surface area contributed by atoms with Gasteiger partial charge in [0.15, 0.2) is 0 Å². The largest absolute Gasteiger partial charge is 0.290 e. The molecule has 1 fully saturated rings. The van der Waals surface area contributed by atoms with Crippen LogP contribution in [0.3, 0.4) is 0 Å². The average Bonchev–Trinajstić information content (AvgIpc) is 2.52. The SMILES string of the molecule is C=C(CC)\C(C)=C/C=C\C(CC[C@H]1CCCCC1C)=N\CC. The second kappa shape index (κ2) is 10.6. The second-order valence-corrected chi connectivity index (χ2v) is 6.69. The van der Waals surface area contributed by atoms with Crippen molar-refractivity contribution in [1.82, 2.24) is 0 Å². The van der Waals surface area contributed by atoms with Gasteiger partial charge in [-0.3, -0.25) is 4.99 Å². The second-order valence-electron chi connectivity index (χ2n) is 6.69. The van der Waals surface area contributed by atoms with Crippen LogP contribution in [0, 0.1) is 11.8 Å². The topological polar surface area (TPSA) is 12.4 Å². The molecule has 1 heteroatoms. The summed E-state index contributed by atoms with van der Waals surface area (Å²) in [6.07, 6.45) is 15.6. The van der Waals surface area contributed by atoms with E-state index in [0.29, 0.717) is 0 Å². The molecule has 0 aromatic rings. The van der Waals surface area contributed by atoms with Crippen molar-refractivity contribution < 1.29 is 0 Å². The Morgan fingerprint density at radius 1 is 1.23 bits per heavy atom. The molecule has 0 spiro atoms. The zero-order valence-corrected chi connectivity index (χ0v) is 15.2. The maximum absolute atomic E-state index is 4.67. The Morgan fingerprint density at radius 3 is 2.59 bits per heavy atom. The maximum Gasteiger partial charge on any atom is 0.0364 e. The highest BCUT2D eigenvalue weighted by molar-refractivity contribution is 5.95. The fraction of sp³-hybridized carbons (Fsp3) is 0.667. The Hall–Kier alpha value is -1.11. The van der Waals surface area contributed by atoms with E-state index >= 15 is 0 Å². The third-order valence-electron chi connectivity index (χ3n) is 5.04. The average molecular weight is 302 g/mol. The molecule has 0 saturated heterocycles. The van der Waals surface area contributed by atoms with Gasteiger partial charge in [0, 0.05) is 12.3 Å². The lowest BCUT2D eigenvalue weighted by atomic mass is 9.78. The van der Waals surface area contributed by atoms with Gasteiger partial charge in [-0.25, -0.2) is 0 Å². The molecule has 22 heavy (non-hydrogen) atoms. The molecule has 0 aliphatic heterocycles. The highest BCUT2D eigenvalue weighted by Crippen LogP contribution is 2.32. The first-order chi connectivity index (χ1) is 10.6. The summed E-state index contributed by atoms with van der Waals surface area (Å²) in [6, 6.07) is 0. The van der Waals surface area contributed by atoms with Gasteiger partial charge in [0.2, 0.25) is 0 Å². The van der Waals surface area contributed by atoms with Crippen LogP contribution >= 0.6 is 0 Å². The molecule has 0 aromatic heterocycles. The first kappa shape index (κ1) is 18.9. The number of rotatable bonds is 8. The lowest BCUT2D eigenvalue weighted by molar-refractivity contribution is 0.245. The predicted molar refractivity (Wildman–Crippen MR) is 101 cm³/mol. The minimum atomic E-state index is 0.879. The maximum atomic E-state index is 4.67. The minimum absolute atomic E-state index is 0.879. The summed E-state index contributed by atoms with van der Waals surface area (Å²) in [6.45, 7) is 13.8. The van der Waals surface area contributed by atoms with Gasteiger partial charge < -0.3 is 0 Å². The first-order valence-electron chi connectivity index (χ1n) is 9.14. The predicted octanol–water partition coefficient (Wildman–Crippen LogP) is 6.52. The van der Waals surface area contributed by atoms with Crippen LogP contribution < -0.4 is 0 Å². The van der Waals surface area contributed by atoms with Crippen molar-refractivity contribution in [3.05, 3.63) is 36.0 Å². The molecular weight excluding hydrogens is 266 g/mol. The quantitative estimate of drug-likeness (QED) is 0.357. The van der Waals surface area contributed by atoms with Gasteiger partial charge in [-0.1, -0.05) is 63.8 Å². The van der Waals surface area contributed by atoms with Crippen LogP contribution in [0.2, 0.25) is 0 Å². The van der Waals surface area contributed by atoms with E-state index in [1.165, 1.54) is 49.0 Å². The van der Waals surface area contributed by atoms with Crippen LogP contribution in [0.1, 0.15) is 72.6 Å². The number of allylic oxidation sites excluding steroid dienone is 5. The minimum Gasteiger partial charge on any atom is -0.290 e. The summed E-state index contributed by atoms with van der Waals surface area (Å²) in [5, 5.41) is 0. The molecule has 1 rings (SSSR count). The molecule has 1 aliphatic carbocycles. The number of aliphatic imine (C=N–C) groups is 1. The lowest BCUT2D eigenvalue weighted by Crippen LogP contribution is -2.17. The van der Waals surface area contributed by atoms with Crippen LogP contribution in [-0.4, -0.2) is 12.3 Å². The van der Waals surface area contributed by atoms with Gasteiger partial charge in [0.25, 0.3) is 0 Å². The summed E-state index contributed by atoms with van der Waals surface area (Å²) in [5.41, 5.74) is 3.75. The van der Waals surface area contributed by atoms with Gasteiger partial charge in [0.1, 0.15) is 0 Å². The standard InChI is InChI=1S/C21H35N/c1-6-17(3)18(4)12-10-14-21(22-7-2)16-15-20-13-9-8-11-19(20)5/h10,12,14,19-20H,3,6-9,11,13,15-16H2,1-2,4-5H3/b14-10-,18-12-,22-21-/t19?,20-/m1/s1. The Kier molecular flexibility index (Phi) is 9.11.